The lowest BCUT2D eigenvalue weighted by molar-refractivity contribution is -0.155. The number of hydrogen-bond donors (Lipinski definition) is 0. The van der Waals surface area contributed by atoms with Gasteiger partial charge in [-0.05, 0) is 33.3 Å². The predicted octanol–water partition coefficient (Wildman–Crippen LogP) is 3.77. The van der Waals surface area contributed by atoms with Gasteiger partial charge in [-0.15, -0.1) is 0 Å². The number of esters is 1. The van der Waals surface area contributed by atoms with E-state index >= 15 is 0 Å². The highest BCUT2D eigenvalue weighted by Crippen LogP contribution is 2.15. The van der Waals surface area contributed by atoms with Gasteiger partial charge < -0.3 is 14.4 Å². The first-order chi connectivity index (χ1) is 11.1. The summed E-state index contributed by atoms with van der Waals surface area (Å²) in [5.74, 6) is -0.332. The van der Waals surface area contributed by atoms with Crippen molar-refractivity contribution in [2.24, 2.45) is 5.92 Å². The topological polar surface area (TPSA) is 46.6 Å². The van der Waals surface area contributed by atoms with Crippen LogP contribution in [-0.4, -0.2) is 33.8 Å². The molecule has 0 saturated carbocycles. The Morgan fingerprint density at radius 1 is 1.21 bits per heavy atom. The van der Waals surface area contributed by atoms with Gasteiger partial charge in [0.05, 0.1) is 4.99 Å². The normalized spacial score (nSPS) is 12.4. The lowest BCUT2D eigenvalue weighted by Crippen LogP contribution is -2.40. The van der Waals surface area contributed by atoms with Crippen LogP contribution in [-0.2, 0) is 20.9 Å². The minimum Gasteiger partial charge on any atom is -0.459 e. The Kier molecular flexibility index (Phi) is 7.55. The highest BCUT2D eigenvalue weighted by molar-refractivity contribution is 7.80. The van der Waals surface area contributed by atoms with Crippen molar-refractivity contribution >= 4 is 29.0 Å². The molecule has 132 valence electrons. The van der Waals surface area contributed by atoms with Crippen LogP contribution in [0.25, 0.3) is 0 Å². The van der Waals surface area contributed by atoms with Crippen LogP contribution >= 0.6 is 12.2 Å². The van der Waals surface area contributed by atoms with E-state index < -0.39 is 5.60 Å². The van der Waals surface area contributed by atoms with Gasteiger partial charge in [0, 0.05) is 18.9 Å². The van der Waals surface area contributed by atoms with Crippen LogP contribution in [0.4, 0.5) is 0 Å². The number of thiocarbonyl (C=S) groups is 1. The molecule has 1 aromatic carbocycles. The summed E-state index contributed by atoms with van der Waals surface area (Å²) in [4.78, 5) is 26.0. The molecule has 0 radical (unpaired) electrons. The number of carbonyl (C=O) groups is 2. The molecule has 24 heavy (non-hydrogen) atoms. The van der Waals surface area contributed by atoms with Crippen LogP contribution in [0.3, 0.4) is 0 Å². The SMILES string of the molecule is CC(=O)CC(C)C(=S)N(CC(=O)OC(C)(C)C)Cc1ccccc1. The summed E-state index contributed by atoms with van der Waals surface area (Å²) >= 11 is 5.54. The standard InChI is InChI=1S/C19H27NO3S/c1-14(11-15(2)21)18(24)20(12-16-9-7-6-8-10-16)13-17(22)23-19(3,4)5/h6-10,14H,11-13H2,1-5H3. The highest BCUT2D eigenvalue weighted by atomic mass is 32.1. The predicted molar refractivity (Wildman–Crippen MR) is 99.8 cm³/mol. The summed E-state index contributed by atoms with van der Waals surface area (Å²) < 4.78 is 5.41. The largest absolute Gasteiger partial charge is 0.459 e. The third kappa shape index (κ3) is 7.68. The number of rotatable bonds is 7. The molecule has 5 heteroatoms. The number of nitrogens with zero attached hydrogens (tertiary/aromatic N) is 1. The summed E-state index contributed by atoms with van der Waals surface area (Å²) in [5, 5.41) is 0. The molecular formula is C19H27NO3S. The van der Waals surface area contributed by atoms with Crippen LogP contribution in [0.15, 0.2) is 30.3 Å². The molecule has 4 nitrogen and oxygen atoms in total. The number of Topliss-reactive ketones (excluding diaryl/α,β-unsaturated/α-hetero) is 1. The molecule has 0 aromatic heterocycles. The molecule has 0 saturated heterocycles. The van der Waals surface area contributed by atoms with Crippen molar-refractivity contribution in [3.63, 3.8) is 0 Å². The second kappa shape index (κ2) is 8.92. The summed E-state index contributed by atoms with van der Waals surface area (Å²) in [6.45, 7) is 9.56. The number of carbonyl (C=O) groups excluding carboxylic acids is 2. The van der Waals surface area contributed by atoms with Gasteiger partial charge in [0.1, 0.15) is 17.9 Å². The van der Waals surface area contributed by atoms with Gasteiger partial charge >= 0.3 is 5.97 Å². The van der Waals surface area contributed by atoms with Crippen molar-refractivity contribution in [1.29, 1.82) is 0 Å². The highest BCUT2D eigenvalue weighted by Gasteiger charge is 2.23. The van der Waals surface area contributed by atoms with Gasteiger partial charge in [-0.1, -0.05) is 49.5 Å². The van der Waals surface area contributed by atoms with Crippen molar-refractivity contribution < 1.29 is 14.3 Å². The first kappa shape index (κ1) is 20.3. The molecule has 1 atom stereocenters. The zero-order valence-electron chi connectivity index (χ0n) is 15.2. The van der Waals surface area contributed by atoms with Gasteiger partial charge in [0.25, 0.3) is 0 Å². The Bertz CT molecular complexity index is 578. The number of hydrogen-bond acceptors (Lipinski definition) is 4. The number of benzene rings is 1. The van der Waals surface area contributed by atoms with Crippen LogP contribution in [0, 0.1) is 5.92 Å². The molecular weight excluding hydrogens is 322 g/mol. The zero-order valence-corrected chi connectivity index (χ0v) is 16.0. The second-order valence-corrected chi connectivity index (χ2v) is 7.49. The average molecular weight is 349 g/mol. The molecule has 0 fully saturated rings. The first-order valence-electron chi connectivity index (χ1n) is 8.12. The zero-order chi connectivity index (χ0) is 18.3. The molecule has 0 N–H and O–H groups in total. The maximum atomic E-state index is 12.2. The Balaban J connectivity index is 2.88. The minimum atomic E-state index is -0.540. The van der Waals surface area contributed by atoms with Crippen molar-refractivity contribution in [3.05, 3.63) is 35.9 Å². The lowest BCUT2D eigenvalue weighted by Gasteiger charge is -2.29. The fourth-order valence-electron chi connectivity index (χ4n) is 2.38. The summed E-state index contributed by atoms with van der Waals surface area (Å²) in [5.41, 5.74) is 0.515. The Hall–Kier alpha value is -1.75. The molecule has 0 amide bonds. The van der Waals surface area contributed by atoms with E-state index in [0.29, 0.717) is 18.0 Å². The van der Waals surface area contributed by atoms with E-state index in [9.17, 15) is 9.59 Å². The lowest BCUT2D eigenvalue weighted by atomic mass is 10.0. The van der Waals surface area contributed by atoms with E-state index in [2.05, 4.69) is 0 Å². The molecule has 0 heterocycles. The molecule has 1 unspecified atom stereocenters. The van der Waals surface area contributed by atoms with E-state index in [4.69, 9.17) is 17.0 Å². The Morgan fingerprint density at radius 3 is 2.29 bits per heavy atom. The fourth-order valence-corrected chi connectivity index (χ4v) is 2.59. The number of ketones is 1. The number of ether oxygens (including phenoxy) is 1. The third-order valence-electron chi connectivity index (χ3n) is 3.28. The van der Waals surface area contributed by atoms with Gasteiger partial charge in [-0.2, -0.15) is 0 Å². The van der Waals surface area contributed by atoms with Gasteiger partial charge in [-0.25, -0.2) is 0 Å². The summed E-state index contributed by atoms with van der Waals surface area (Å²) in [6, 6.07) is 9.81. The maximum absolute atomic E-state index is 12.2. The van der Waals surface area contributed by atoms with Gasteiger partial charge in [0.15, 0.2) is 0 Å². The van der Waals surface area contributed by atoms with Crippen molar-refractivity contribution in [2.75, 3.05) is 6.54 Å². The van der Waals surface area contributed by atoms with E-state index in [0.717, 1.165) is 5.56 Å². The molecule has 1 rings (SSSR count). The summed E-state index contributed by atoms with van der Waals surface area (Å²) in [7, 11) is 0. The maximum Gasteiger partial charge on any atom is 0.326 e. The third-order valence-corrected chi connectivity index (χ3v) is 3.94. The fraction of sp³-hybridized carbons (Fsp3) is 0.526. The monoisotopic (exact) mass is 349 g/mol. The van der Waals surface area contributed by atoms with Crippen LogP contribution in [0.5, 0.6) is 0 Å². The van der Waals surface area contributed by atoms with Gasteiger partial charge in [0.2, 0.25) is 0 Å². The van der Waals surface area contributed by atoms with E-state index in [1.807, 2.05) is 62.9 Å². The Labute approximate surface area is 150 Å². The van der Waals surface area contributed by atoms with Gasteiger partial charge in [-0.3, -0.25) is 4.79 Å². The molecule has 1 aromatic rings. The van der Waals surface area contributed by atoms with Crippen molar-refractivity contribution in [1.82, 2.24) is 4.90 Å². The van der Waals surface area contributed by atoms with Crippen LogP contribution in [0.1, 0.15) is 46.6 Å². The van der Waals surface area contributed by atoms with Crippen LogP contribution < -0.4 is 0 Å². The minimum absolute atomic E-state index is 0.0766. The summed E-state index contributed by atoms with van der Waals surface area (Å²) in [6.07, 6.45) is 0.373. The molecule has 0 spiro atoms. The van der Waals surface area contributed by atoms with Crippen LogP contribution in [0.2, 0.25) is 0 Å². The average Bonchev–Trinajstić information content (AvgIpc) is 2.44. The first-order valence-corrected chi connectivity index (χ1v) is 8.53. The molecule has 0 aliphatic heterocycles. The smallest absolute Gasteiger partial charge is 0.326 e. The Morgan fingerprint density at radius 2 is 1.79 bits per heavy atom. The van der Waals surface area contributed by atoms with E-state index in [1.165, 1.54) is 0 Å². The van der Waals surface area contributed by atoms with Crippen molar-refractivity contribution in [2.45, 2.75) is 53.2 Å². The van der Waals surface area contributed by atoms with E-state index in [1.54, 1.807) is 6.92 Å². The molecule has 0 aliphatic rings. The van der Waals surface area contributed by atoms with Crippen molar-refractivity contribution in [3.8, 4) is 0 Å². The molecule has 0 bridgehead atoms. The second-order valence-electron chi connectivity index (χ2n) is 7.07. The molecule has 0 aliphatic carbocycles. The quantitative estimate of drug-likeness (QED) is 0.554. The van der Waals surface area contributed by atoms with E-state index in [-0.39, 0.29) is 24.2 Å².